The first kappa shape index (κ1) is 23.2. The van der Waals surface area contributed by atoms with Crippen LogP contribution in [0.25, 0.3) is 0 Å². The molecule has 2 aromatic rings. The molecule has 0 aromatic heterocycles. The zero-order valence-corrected chi connectivity index (χ0v) is 15.4. The van der Waals surface area contributed by atoms with Crippen molar-refractivity contribution in [2.75, 3.05) is 0 Å². The topological polar surface area (TPSA) is 52.0 Å². The van der Waals surface area contributed by atoms with Crippen molar-refractivity contribution in [3.05, 3.63) is 70.8 Å². The molecule has 0 spiro atoms. The van der Waals surface area contributed by atoms with Crippen LogP contribution in [-0.4, -0.2) is 0 Å². The molecular weight excluding hydrogens is 315 g/mol. The molecule has 2 rings (SSSR count). The van der Waals surface area contributed by atoms with Gasteiger partial charge in [-0.1, -0.05) is 48.5 Å². The van der Waals surface area contributed by atoms with E-state index >= 15 is 0 Å². The minimum absolute atomic E-state index is 0. The molecule has 0 amide bonds. The Kier molecular flexibility index (Phi) is 12.1. The van der Waals surface area contributed by atoms with Gasteiger partial charge in [-0.3, -0.25) is 0 Å². The fourth-order valence-corrected chi connectivity index (χ4v) is 2.20. The fourth-order valence-electron chi connectivity index (χ4n) is 2.20. The highest BCUT2D eigenvalue weighted by Gasteiger charge is 2.00. The Balaban J connectivity index is 0. The van der Waals surface area contributed by atoms with Crippen molar-refractivity contribution in [3.63, 3.8) is 0 Å². The van der Waals surface area contributed by atoms with Gasteiger partial charge >= 0.3 is 0 Å². The molecule has 0 fully saturated rings. The quantitative estimate of drug-likeness (QED) is 0.817. The van der Waals surface area contributed by atoms with Crippen LogP contribution in [0.4, 0.5) is 0 Å². The second-order valence-electron chi connectivity index (χ2n) is 5.29. The first-order valence-electron chi connectivity index (χ1n) is 7.05. The smallest absolute Gasteiger partial charge is 0.0268 e. The number of aryl methyl sites for hydroxylation is 2. The number of hydrogen-bond donors (Lipinski definition) is 2. The molecule has 2 nitrogen and oxygen atoms in total. The normalized spacial score (nSPS) is 11.9. The maximum Gasteiger partial charge on any atom is 0.0268 e. The van der Waals surface area contributed by atoms with Gasteiger partial charge in [-0.2, -0.15) is 0 Å². The summed E-state index contributed by atoms with van der Waals surface area (Å²) in [7, 11) is 0. The van der Waals surface area contributed by atoms with Gasteiger partial charge in [0, 0.05) is 12.1 Å². The molecule has 0 saturated carbocycles. The molecule has 0 aliphatic carbocycles. The number of nitrogens with two attached hydrogens (primary N) is 2. The predicted molar refractivity (Wildman–Crippen MR) is 102 cm³/mol. The van der Waals surface area contributed by atoms with E-state index < -0.39 is 0 Å². The average molecular weight is 343 g/mol. The van der Waals surface area contributed by atoms with Gasteiger partial charge in [0.15, 0.2) is 0 Å². The fraction of sp³-hybridized carbons (Fsp3) is 0.333. The molecule has 0 aliphatic heterocycles. The van der Waals surface area contributed by atoms with E-state index in [1.54, 1.807) is 0 Å². The number of benzene rings is 2. The molecule has 0 saturated heterocycles. The summed E-state index contributed by atoms with van der Waals surface area (Å²) in [5.74, 6) is 0. The molecule has 2 atom stereocenters. The first-order valence-corrected chi connectivity index (χ1v) is 7.05. The van der Waals surface area contributed by atoms with E-state index in [-0.39, 0.29) is 36.9 Å². The van der Waals surface area contributed by atoms with Crippen LogP contribution >= 0.6 is 24.8 Å². The maximum absolute atomic E-state index is 5.71. The Labute approximate surface area is 147 Å². The lowest BCUT2D eigenvalue weighted by Crippen LogP contribution is -2.06. The van der Waals surface area contributed by atoms with Crippen molar-refractivity contribution in [2.45, 2.75) is 39.8 Å². The van der Waals surface area contributed by atoms with Crippen LogP contribution in [0.1, 0.15) is 48.2 Å². The number of rotatable bonds is 2. The van der Waals surface area contributed by atoms with E-state index in [0.29, 0.717) is 0 Å². The molecule has 4 heteroatoms. The van der Waals surface area contributed by atoms with Gasteiger partial charge in [0.25, 0.3) is 0 Å². The van der Waals surface area contributed by atoms with Crippen LogP contribution in [0.3, 0.4) is 0 Å². The second kappa shape index (κ2) is 11.5. The predicted octanol–water partition coefficient (Wildman–Crippen LogP) is 4.87. The minimum Gasteiger partial charge on any atom is -0.324 e. The minimum atomic E-state index is 0. The second-order valence-corrected chi connectivity index (χ2v) is 5.29. The van der Waals surface area contributed by atoms with E-state index in [0.717, 1.165) is 0 Å². The van der Waals surface area contributed by atoms with Crippen molar-refractivity contribution in [1.29, 1.82) is 0 Å². The summed E-state index contributed by atoms with van der Waals surface area (Å²) in [6.45, 7) is 8.17. The van der Waals surface area contributed by atoms with Crippen molar-refractivity contribution in [1.82, 2.24) is 0 Å². The molecule has 124 valence electrons. The largest absolute Gasteiger partial charge is 0.324 e. The summed E-state index contributed by atoms with van der Waals surface area (Å²) in [6, 6.07) is 16.7. The molecule has 0 radical (unpaired) electrons. The zero-order valence-electron chi connectivity index (χ0n) is 13.7. The third kappa shape index (κ3) is 7.28. The average Bonchev–Trinajstić information content (AvgIpc) is 2.40. The van der Waals surface area contributed by atoms with Gasteiger partial charge in [-0.15, -0.1) is 24.8 Å². The molecule has 0 unspecified atom stereocenters. The lowest BCUT2D eigenvalue weighted by Gasteiger charge is -2.07. The van der Waals surface area contributed by atoms with E-state index in [1.807, 2.05) is 38.1 Å². The lowest BCUT2D eigenvalue weighted by molar-refractivity contribution is 0.810. The summed E-state index contributed by atoms with van der Waals surface area (Å²) < 4.78 is 0. The van der Waals surface area contributed by atoms with Crippen LogP contribution < -0.4 is 11.5 Å². The Bertz CT molecular complexity index is 491. The maximum atomic E-state index is 5.71. The van der Waals surface area contributed by atoms with Gasteiger partial charge < -0.3 is 11.5 Å². The summed E-state index contributed by atoms with van der Waals surface area (Å²) in [4.78, 5) is 0. The Morgan fingerprint density at radius 3 is 1.09 bits per heavy atom. The third-order valence-corrected chi connectivity index (χ3v) is 3.36. The van der Waals surface area contributed by atoms with Crippen molar-refractivity contribution < 1.29 is 0 Å². The van der Waals surface area contributed by atoms with Crippen LogP contribution in [-0.2, 0) is 0 Å². The monoisotopic (exact) mass is 342 g/mol. The summed E-state index contributed by atoms with van der Waals surface area (Å²) >= 11 is 0. The first-order chi connectivity index (χ1) is 9.43. The van der Waals surface area contributed by atoms with Gasteiger partial charge in [-0.05, 0) is 49.9 Å². The highest BCUT2D eigenvalue weighted by Crippen LogP contribution is 2.14. The van der Waals surface area contributed by atoms with E-state index in [2.05, 4.69) is 38.1 Å². The van der Waals surface area contributed by atoms with Crippen LogP contribution in [0, 0.1) is 13.8 Å². The molecule has 2 aromatic carbocycles. The van der Waals surface area contributed by atoms with Crippen LogP contribution in [0.2, 0.25) is 0 Å². The van der Waals surface area contributed by atoms with Gasteiger partial charge in [0.2, 0.25) is 0 Å². The Morgan fingerprint density at radius 2 is 0.909 bits per heavy atom. The highest BCUT2D eigenvalue weighted by atomic mass is 35.5. The molecule has 0 bridgehead atoms. The lowest BCUT2D eigenvalue weighted by atomic mass is 10.0. The Hall–Kier alpha value is -1.06. The third-order valence-electron chi connectivity index (χ3n) is 3.36. The molecule has 4 N–H and O–H groups in total. The SMILES string of the molecule is Cc1ccccc1[C@H](C)N.Cc1ccccc1[C@H](C)N.Cl.Cl. The molecule has 0 aliphatic rings. The standard InChI is InChI=1S/2C9H13N.2ClH/c2*1-7-5-3-4-6-9(7)8(2)10;;/h2*3-6,8H,10H2,1-2H3;2*1H/t2*8-;;/m00../s1. The molecule has 22 heavy (non-hydrogen) atoms. The molecule has 0 heterocycles. The summed E-state index contributed by atoms with van der Waals surface area (Å²) in [5, 5.41) is 0. The van der Waals surface area contributed by atoms with Crippen LogP contribution in [0.5, 0.6) is 0 Å². The molecular formula is C18H28Cl2N2. The van der Waals surface area contributed by atoms with Gasteiger partial charge in [-0.25, -0.2) is 0 Å². The van der Waals surface area contributed by atoms with Crippen LogP contribution in [0.15, 0.2) is 48.5 Å². The highest BCUT2D eigenvalue weighted by molar-refractivity contribution is 5.85. The zero-order chi connectivity index (χ0) is 15.1. The van der Waals surface area contributed by atoms with Gasteiger partial charge in [0.1, 0.15) is 0 Å². The van der Waals surface area contributed by atoms with Crippen molar-refractivity contribution >= 4 is 24.8 Å². The summed E-state index contributed by atoms with van der Waals surface area (Å²) in [5.41, 5.74) is 16.5. The van der Waals surface area contributed by atoms with Crippen molar-refractivity contribution in [3.8, 4) is 0 Å². The van der Waals surface area contributed by atoms with E-state index in [9.17, 15) is 0 Å². The van der Waals surface area contributed by atoms with E-state index in [1.165, 1.54) is 22.3 Å². The number of halogens is 2. The van der Waals surface area contributed by atoms with E-state index in [4.69, 9.17) is 11.5 Å². The Morgan fingerprint density at radius 1 is 0.636 bits per heavy atom. The van der Waals surface area contributed by atoms with Crippen molar-refractivity contribution in [2.24, 2.45) is 11.5 Å². The van der Waals surface area contributed by atoms with Gasteiger partial charge in [0.05, 0.1) is 0 Å². The summed E-state index contributed by atoms with van der Waals surface area (Å²) in [6.07, 6.45) is 0. The number of hydrogen-bond acceptors (Lipinski definition) is 2.